The zero-order chi connectivity index (χ0) is 15.3. The first kappa shape index (κ1) is 16.3. The SMILES string of the molecule is CCc1ccc(N(C)S(=O)(=O)CCN2CCNCC2)cc1. The van der Waals surface area contributed by atoms with Gasteiger partial charge in [-0.05, 0) is 24.1 Å². The molecule has 0 aliphatic carbocycles. The molecule has 0 aromatic heterocycles. The van der Waals surface area contributed by atoms with Crippen molar-refractivity contribution in [1.82, 2.24) is 10.2 Å². The van der Waals surface area contributed by atoms with Crippen molar-refractivity contribution in [1.29, 1.82) is 0 Å². The average Bonchev–Trinajstić information content (AvgIpc) is 2.53. The monoisotopic (exact) mass is 311 g/mol. The molecule has 1 heterocycles. The van der Waals surface area contributed by atoms with E-state index >= 15 is 0 Å². The first-order valence-electron chi connectivity index (χ1n) is 7.51. The number of benzene rings is 1. The van der Waals surface area contributed by atoms with Crippen LogP contribution in [-0.2, 0) is 16.4 Å². The maximum atomic E-state index is 12.4. The highest BCUT2D eigenvalue weighted by molar-refractivity contribution is 7.92. The number of piperazine rings is 1. The number of sulfonamides is 1. The molecule has 0 unspecified atom stereocenters. The summed E-state index contributed by atoms with van der Waals surface area (Å²) in [4.78, 5) is 2.20. The molecule has 1 aromatic rings. The van der Waals surface area contributed by atoms with E-state index in [1.807, 2.05) is 24.3 Å². The van der Waals surface area contributed by atoms with Crippen LogP contribution in [0.15, 0.2) is 24.3 Å². The maximum absolute atomic E-state index is 12.4. The zero-order valence-corrected chi connectivity index (χ0v) is 13.7. The lowest BCUT2D eigenvalue weighted by atomic mass is 10.1. The minimum atomic E-state index is -3.26. The van der Waals surface area contributed by atoms with Crippen molar-refractivity contribution in [2.75, 3.05) is 49.8 Å². The molecular weight excluding hydrogens is 286 g/mol. The van der Waals surface area contributed by atoms with Gasteiger partial charge in [-0.25, -0.2) is 8.42 Å². The lowest BCUT2D eigenvalue weighted by Gasteiger charge is -2.28. The molecule has 1 fully saturated rings. The number of aryl methyl sites for hydroxylation is 1. The summed E-state index contributed by atoms with van der Waals surface area (Å²) >= 11 is 0. The van der Waals surface area contributed by atoms with Crippen molar-refractivity contribution < 1.29 is 8.42 Å². The molecule has 1 aliphatic rings. The zero-order valence-electron chi connectivity index (χ0n) is 12.9. The molecule has 1 aromatic carbocycles. The Hall–Kier alpha value is -1.11. The number of hydrogen-bond donors (Lipinski definition) is 1. The Bertz CT molecular complexity index is 537. The first-order valence-corrected chi connectivity index (χ1v) is 9.12. The lowest BCUT2D eigenvalue weighted by Crippen LogP contribution is -2.46. The van der Waals surface area contributed by atoms with E-state index in [1.54, 1.807) is 7.05 Å². The van der Waals surface area contributed by atoms with Crippen molar-refractivity contribution in [3.05, 3.63) is 29.8 Å². The molecule has 118 valence electrons. The second-order valence-corrected chi connectivity index (χ2v) is 7.51. The quantitative estimate of drug-likeness (QED) is 0.849. The van der Waals surface area contributed by atoms with Crippen LogP contribution in [0, 0.1) is 0 Å². The highest BCUT2D eigenvalue weighted by atomic mass is 32.2. The summed E-state index contributed by atoms with van der Waals surface area (Å²) in [7, 11) is -1.63. The van der Waals surface area contributed by atoms with Crippen molar-refractivity contribution in [2.45, 2.75) is 13.3 Å². The van der Waals surface area contributed by atoms with E-state index < -0.39 is 10.0 Å². The summed E-state index contributed by atoms with van der Waals surface area (Å²) in [6, 6.07) is 7.72. The minimum absolute atomic E-state index is 0.166. The summed E-state index contributed by atoms with van der Waals surface area (Å²) in [5.41, 5.74) is 1.94. The number of anilines is 1. The molecule has 0 saturated carbocycles. The highest BCUT2D eigenvalue weighted by Crippen LogP contribution is 2.17. The number of nitrogens with zero attached hydrogens (tertiary/aromatic N) is 2. The van der Waals surface area contributed by atoms with Crippen molar-refractivity contribution in [3.63, 3.8) is 0 Å². The van der Waals surface area contributed by atoms with E-state index in [1.165, 1.54) is 9.87 Å². The van der Waals surface area contributed by atoms with Gasteiger partial charge in [0.1, 0.15) is 0 Å². The molecule has 6 heteroatoms. The van der Waals surface area contributed by atoms with E-state index in [-0.39, 0.29) is 5.75 Å². The van der Waals surface area contributed by atoms with Crippen LogP contribution in [0.5, 0.6) is 0 Å². The number of rotatable bonds is 6. The first-order chi connectivity index (χ1) is 10.0. The third-order valence-electron chi connectivity index (χ3n) is 4.00. The van der Waals surface area contributed by atoms with Gasteiger partial charge in [-0.1, -0.05) is 19.1 Å². The number of hydrogen-bond acceptors (Lipinski definition) is 4. The fraction of sp³-hybridized carbons (Fsp3) is 0.600. The topological polar surface area (TPSA) is 52.7 Å². The Morgan fingerprint density at radius 3 is 2.38 bits per heavy atom. The van der Waals surface area contributed by atoms with Gasteiger partial charge in [0.15, 0.2) is 0 Å². The van der Waals surface area contributed by atoms with E-state index in [2.05, 4.69) is 17.1 Å². The predicted molar refractivity (Wildman–Crippen MR) is 87.3 cm³/mol. The van der Waals surface area contributed by atoms with Gasteiger partial charge < -0.3 is 5.32 Å². The summed E-state index contributed by atoms with van der Waals surface area (Å²) in [5, 5.41) is 3.27. The van der Waals surface area contributed by atoms with Gasteiger partial charge in [0.2, 0.25) is 10.0 Å². The van der Waals surface area contributed by atoms with Crippen LogP contribution in [0.2, 0.25) is 0 Å². The van der Waals surface area contributed by atoms with Gasteiger partial charge in [-0.15, -0.1) is 0 Å². The highest BCUT2D eigenvalue weighted by Gasteiger charge is 2.20. The molecule has 2 rings (SSSR count). The Morgan fingerprint density at radius 1 is 1.19 bits per heavy atom. The predicted octanol–water partition coefficient (Wildman–Crippen LogP) is 0.920. The third-order valence-corrected chi connectivity index (χ3v) is 5.74. The van der Waals surface area contributed by atoms with Crippen LogP contribution in [-0.4, -0.2) is 58.8 Å². The summed E-state index contributed by atoms with van der Waals surface area (Å²) in [5.74, 6) is 0.166. The van der Waals surface area contributed by atoms with Crippen molar-refractivity contribution >= 4 is 15.7 Å². The van der Waals surface area contributed by atoms with Gasteiger partial charge in [-0.3, -0.25) is 9.21 Å². The van der Waals surface area contributed by atoms with Crippen molar-refractivity contribution in [2.24, 2.45) is 0 Å². The molecule has 0 bridgehead atoms. The lowest BCUT2D eigenvalue weighted by molar-refractivity contribution is 0.254. The molecule has 0 atom stereocenters. The molecule has 5 nitrogen and oxygen atoms in total. The Labute approximate surface area is 128 Å². The summed E-state index contributed by atoms with van der Waals surface area (Å²) in [6.45, 7) is 6.40. The minimum Gasteiger partial charge on any atom is -0.314 e. The Kier molecular flexibility index (Phi) is 5.61. The summed E-state index contributed by atoms with van der Waals surface area (Å²) < 4.78 is 26.2. The average molecular weight is 311 g/mol. The van der Waals surface area contributed by atoms with Gasteiger partial charge in [-0.2, -0.15) is 0 Å². The fourth-order valence-electron chi connectivity index (χ4n) is 2.42. The van der Waals surface area contributed by atoms with Gasteiger partial charge >= 0.3 is 0 Å². The van der Waals surface area contributed by atoms with Gasteiger partial charge in [0.05, 0.1) is 11.4 Å². The van der Waals surface area contributed by atoms with Gasteiger partial charge in [0, 0.05) is 39.8 Å². The molecule has 21 heavy (non-hydrogen) atoms. The maximum Gasteiger partial charge on any atom is 0.236 e. The Morgan fingerprint density at radius 2 is 1.81 bits per heavy atom. The molecule has 1 aliphatic heterocycles. The molecule has 0 radical (unpaired) electrons. The van der Waals surface area contributed by atoms with Crippen LogP contribution in [0.4, 0.5) is 5.69 Å². The van der Waals surface area contributed by atoms with Crippen molar-refractivity contribution in [3.8, 4) is 0 Å². The standard InChI is InChI=1S/C15H25N3O2S/c1-3-14-4-6-15(7-5-14)17(2)21(19,20)13-12-18-10-8-16-9-11-18/h4-7,16H,3,8-13H2,1-2H3. The largest absolute Gasteiger partial charge is 0.314 e. The molecule has 1 N–H and O–H groups in total. The van der Waals surface area contributed by atoms with Crippen LogP contribution in [0.25, 0.3) is 0 Å². The van der Waals surface area contributed by atoms with Crippen LogP contribution in [0.3, 0.4) is 0 Å². The normalized spacial score (nSPS) is 16.9. The van der Waals surface area contributed by atoms with E-state index in [0.29, 0.717) is 6.54 Å². The van der Waals surface area contributed by atoms with E-state index in [4.69, 9.17) is 0 Å². The molecule has 1 saturated heterocycles. The van der Waals surface area contributed by atoms with E-state index in [9.17, 15) is 8.42 Å². The van der Waals surface area contributed by atoms with Gasteiger partial charge in [0.25, 0.3) is 0 Å². The van der Waals surface area contributed by atoms with E-state index in [0.717, 1.165) is 38.3 Å². The molecule has 0 amide bonds. The molecular formula is C15H25N3O2S. The molecule has 0 spiro atoms. The fourth-order valence-corrected chi connectivity index (χ4v) is 3.62. The number of nitrogens with one attached hydrogen (secondary N) is 1. The smallest absolute Gasteiger partial charge is 0.236 e. The van der Waals surface area contributed by atoms with Crippen LogP contribution < -0.4 is 9.62 Å². The Balaban J connectivity index is 1.96. The van der Waals surface area contributed by atoms with Crippen LogP contribution >= 0.6 is 0 Å². The third kappa shape index (κ3) is 4.43. The van der Waals surface area contributed by atoms with Crippen LogP contribution in [0.1, 0.15) is 12.5 Å². The summed E-state index contributed by atoms with van der Waals surface area (Å²) in [6.07, 6.45) is 0.958. The second kappa shape index (κ2) is 7.24. The second-order valence-electron chi connectivity index (χ2n) is 5.40.